The summed E-state index contributed by atoms with van der Waals surface area (Å²) in [6.07, 6.45) is 0.599. The van der Waals surface area contributed by atoms with Crippen LogP contribution in [0.4, 0.5) is 4.39 Å². The zero-order valence-corrected chi connectivity index (χ0v) is 15.0. The summed E-state index contributed by atoms with van der Waals surface area (Å²) < 4.78 is 18.4. The van der Waals surface area contributed by atoms with Gasteiger partial charge >= 0.3 is 0 Å². The Kier molecular flexibility index (Phi) is 6.57. The molecule has 24 heavy (non-hydrogen) atoms. The number of imide groups is 1. The van der Waals surface area contributed by atoms with Crippen molar-refractivity contribution in [3.8, 4) is 0 Å². The van der Waals surface area contributed by atoms with E-state index in [-0.39, 0.29) is 22.9 Å². The normalized spacial score (nSPS) is 15.1. The van der Waals surface area contributed by atoms with Crippen LogP contribution in [-0.4, -0.2) is 41.7 Å². The molecule has 6 heteroatoms. The first kappa shape index (κ1) is 18.7. The maximum Gasteiger partial charge on any atom is 0.267 e. The van der Waals surface area contributed by atoms with Gasteiger partial charge in [-0.2, -0.15) is 0 Å². The van der Waals surface area contributed by atoms with E-state index in [9.17, 15) is 14.0 Å². The summed E-state index contributed by atoms with van der Waals surface area (Å²) in [5.41, 5.74) is 0.945. The second-order valence-corrected chi connectivity index (χ2v) is 7.28. The molecule has 1 aromatic carbocycles. The molecule has 0 N–H and O–H groups in total. The third kappa shape index (κ3) is 4.24. The van der Waals surface area contributed by atoms with Crippen molar-refractivity contribution in [3.63, 3.8) is 0 Å². The van der Waals surface area contributed by atoms with Gasteiger partial charge in [0, 0.05) is 25.0 Å². The van der Waals surface area contributed by atoms with Crippen molar-refractivity contribution in [2.75, 3.05) is 19.8 Å². The first-order valence-electron chi connectivity index (χ1n) is 8.06. The summed E-state index contributed by atoms with van der Waals surface area (Å²) in [6, 6.07) is 5.69. The van der Waals surface area contributed by atoms with Crippen LogP contribution in [0.15, 0.2) is 29.2 Å². The van der Waals surface area contributed by atoms with E-state index in [1.165, 1.54) is 28.8 Å². The van der Waals surface area contributed by atoms with Crippen LogP contribution >= 0.6 is 11.8 Å². The van der Waals surface area contributed by atoms with Gasteiger partial charge in [-0.3, -0.25) is 14.5 Å². The van der Waals surface area contributed by atoms with Crippen molar-refractivity contribution in [1.82, 2.24) is 4.90 Å². The highest BCUT2D eigenvalue weighted by Gasteiger charge is 2.39. The molecule has 0 atom stereocenters. The minimum absolute atomic E-state index is 0.163. The molecule has 1 aliphatic heterocycles. The molecular weight excluding hydrogens is 329 g/mol. The lowest BCUT2D eigenvalue weighted by molar-refractivity contribution is -0.136. The fourth-order valence-electron chi connectivity index (χ4n) is 2.44. The Labute approximate surface area is 146 Å². The largest absolute Gasteiger partial charge is 0.382 e. The SMILES string of the molecule is CCOCCCN1C(=O)C(SC(C)C)=C(c2ccc(F)cc2)C1=O. The molecule has 0 spiro atoms. The quantitative estimate of drug-likeness (QED) is 0.531. The van der Waals surface area contributed by atoms with Crippen LogP contribution < -0.4 is 0 Å². The van der Waals surface area contributed by atoms with E-state index < -0.39 is 0 Å². The van der Waals surface area contributed by atoms with Gasteiger partial charge in [-0.25, -0.2) is 4.39 Å². The summed E-state index contributed by atoms with van der Waals surface area (Å²) in [5, 5.41) is 0.163. The molecule has 0 saturated carbocycles. The number of amides is 2. The van der Waals surface area contributed by atoms with Crippen LogP contribution in [-0.2, 0) is 14.3 Å². The van der Waals surface area contributed by atoms with Gasteiger partial charge in [0.2, 0.25) is 0 Å². The number of benzene rings is 1. The number of hydrogen-bond acceptors (Lipinski definition) is 4. The van der Waals surface area contributed by atoms with E-state index in [1.807, 2.05) is 20.8 Å². The second-order valence-electron chi connectivity index (χ2n) is 5.69. The molecular formula is C18H22FNO3S. The van der Waals surface area contributed by atoms with Crippen LogP contribution in [0.3, 0.4) is 0 Å². The number of rotatable bonds is 8. The van der Waals surface area contributed by atoms with Crippen molar-refractivity contribution in [2.45, 2.75) is 32.4 Å². The molecule has 0 radical (unpaired) electrons. The lowest BCUT2D eigenvalue weighted by atomic mass is 10.1. The van der Waals surface area contributed by atoms with Gasteiger partial charge in [-0.1, -0.05) is 26.0 Å². The Morgan fingerprint density at radius 3 is 2.42 bits per heavy atom. The maximum atomic E-state index is 13.2. The third-order valence-corrected chi connectivity index (χ3v) is 4.57. The maximum absolute atomic E-state index is 13.2. The Bertz CT molecular complexity index is 640. The minimum atomic E-state index is -0.372. The van der Waals surface area contributed by atoms with E-state index >= 15 is 0 Å². The van der Waals surface area contributed by atoms with Crippen LogP contribution in [0.25, 0.3) is 5.57 Å². The molecule has 1 aliphatic rings. The van der Waals surface area contributed by atoms with Gasteiger partial charge in [-0.05, 0) is 31.0 Å². The topological polar surface area (TPSA) is 46.6 Å². The molecule has 0 aliphatic carbocycles. The van der Waals surface area contributed by atoms with Gasteiger partial charge in [0.1, 0.15) is 5.82 Å². The number of nitrogens with zero attached hydrogens (tertiary/aromatic N) is 1. The van der Waals surface area contributed by atoms with E-state index in [0.717, 1.165) is 0 Å². The molecule has 1 aromatic rings. The summed E-state index contributed by atoms with van der Waals surface area (Å²) in [4.78, 5) is 27.1. The molecule has 0 fully saturated rings. The molecule has 0 aromatic heterocycles. The Hall–Kier alpha value is -1.66. The van der Waals surface area contributed by atoms with Gasteiger partial charge < -0.3 is 4.74 Å². The van der Waals surface area contributed by atoms with E-state index in [4.69, 9.17) is 4.74 Å². The first-order valence-corrected chi connectivity index (χ1v) is 8.94. The van der Waals surface area contributed by atoms with Crippen LogP contribution in [0, 0.1) is 5.82 Å². The summed E-state index contributed by atoms with van der Waals surface area (Å²) in [6.45, 7) is 7.27. The predicted octanol–water partition coefficient (Wildman–Crippen LogP) is 3.47. The lowest BCUT2D eigenvalue weighted by Crippen LogP contribution is -2.33. The van der Waals surface area contributed by atoms with E-state index in [0.29, 0.717) is 42.2 Å². The van der Waals surface area contributed by atoms with Crippen LogP contribution in [0.1, 0.15) is 32.8 Å². The molecule has 2 amide bonds. The van der Waals surface area contributed by atoms with Crippen LogP contribution in [0.2, 0.25) is 0 Å². The van der Waals surface area contributed by atoms with Crippen molar-refractivity contribution in [3.05, 3.63) is 40.6 Å². The number of thioether (sulfide) groups is 1. The Morgan fingerprint density at radius 1 is 1.17 bits per heavy atom. The molecule has 0 unspecified atom stereocenters. The highest BCUT2D eigenvalue weighted by molar-refractivity contribution is 8.04. The molecule has 4 nitrogen and oxygen atoms in total. The Balaban J connectivity index is 2.28. The van der Waals surface area contributed by atoms with Crippen molar-refractivity contribution >= 4 is 29.1 Å². The fourth-order valence-corrected chi connectivity index (χ4v) is 3.45. The van der Waals surface area contributed by atoms with Gasteiger partial charge in [0.25, 0.3) is 11.8 Å². The average molecular weight is 351 g/mol. The smallest absolute Gasteiger partial charge is 0.267 e. The summed E-state index contributed by atoms with van der Waals surface area (Å²) in [5.74, 6) is -0.955. The van der Waals surface area contributed by atoms with E-state index in [1.54, 1.807) is 12.1 Å². The molecule has 1 heterocycles. The zero-order chi connectivity index (χ0) is 17.7. The molecule has 2 rings (SSSR count). The predicted molar refractivity (Wildman–Crippen MR) is 93.9 cm³/mol. The second kappa shape index (κ2) is 8.44. The zero-order valence-electron chi connectivity index (χ0n) is 14.2. The molecule has 130 valence electrons. The van der Waals surface area contributed by atoms with Crippen molar-refractivity contribution in [1.29, 1.82) is 0 Å². The molecule has 0 bridgehead atoms. The highest BCUT2D eigenvalue weighted by atomic mass is 32.2. The monoisotopic (exact) mass is 351 g/mol. The number of carbonyl (C=O) groups is 2. The minimum Gasteiger partial charge on any atom is -0.382 e. The Morgan fingerprint density at radius 2 is 1.83 bits per heavy atom. The third-order valence-electron chi connectivity index (χ3n) is 3.49. The van der Waals surface area contributed by atoms with Gasteiger partial charge in [0.15, 0.2) is 0 Å². The van der Waals surface area contributed by atoms with Gasteiger partial charge in [0.05, 0.1) is 10.5 Å². The number of halogens is 1. The van der Waals surface area contributed by atoms with E-state index in [2.05, 4.69) is 0 Å². The van der Waals surface area contributed by atoms with Crippen LogP contribution in [0.5, 0.6) is 0 Å². The van der Waals surface area contributed by atoms with Crippen molar-refractivity contribution < 1.29 is 18.7 Å². The fraction of sp³-hybridized carbons (Fsp3) is 0.444. The summed E-state index contributed by atoms with van der Waals surface area (Å²) in [7, 11) is 0. The number of hydrogen-bond donors (Lipinski definition) is 0. The lowest BCUT2D eigenvalue weighted by Gasteiger charge is -2.15. The van der Waals surface area contributed by atoms with Gasteiger partial charge in [-0.15, -0.1) is 11.8 Å². The summed E-state index contributed by atoms with van der Waals surface area (Å²) >= 11 is 1.37. The number of carbonyl (C=O) groups excluding carboxylic acids is 2. The van der Waals surface area contributed by atoms with Crippen molar-refractivity contribution in [2.24, 2.45) is 0 Å². The molecule has 0 saturated heterocycles. The highest BCUT2D eigenvalue weighted by Crippen LogP contribution is 2.37. The first-order chi connectivity index (χ1) is 11.5. The average Bonchev–Trinajstić information content (AvgIpc) is 2.76. The standard InChI is InChI=1S/C18H22FNO3S/c1-4-23-11-5-10-20-17(21)15(13-6-8-14(19)9-7-13)16(18(20)22)24-12(2)3/h6-9,12H,4-5,10-11H2,1-3H3. The number of ether oxygens (including phenoxy) is 1.